The molecule has 0 fully saturated rings. The number of benzene rings is 1. The molecule has 0 saturated heterocycles. The van der Waals surface area contributed by atoms with Gasteiger partial charge in [-0.3, -0.25) is 4.79 Å². The molecule has 0 spiro atoms. The van der Waals surface area contributed by atoms with Crippen molar-refractivity contribution in [3.63, 3.8) is 0 Å². The number of hydrogen-bond acceptors (Lipinski definition) is 3. The molecular weight excluding hydrogens is 294 g/mol. The molecule has 1 aromatic heterocycles. The van der Waals surface area contributed by atoms with Crippen LogP contribution in [0.2, 0.25) is 5.02 Å². The number of carbonyl (C=O) groups excluding carboxylic acids is 1. The van der Waals surface area contributed by atoms with Gasteiger partial charge in [0.25, 0.3) is 0 Å². The summed E-state index contributed by atoms with van der Waals surface area (Å²) in [4.78, 5) is 12.9. The Hall–Kier alpha value is -1.36. The van der Waals surface area contributed by atoms with Crippen molar-refractivity contribution >= 4 is 28.8 Å². The molecule has 0 saturated carbocycles. The van der Waals surface area contributed by atoms with Gasteiger partial charge < -0.3 is 10.4 Å². The Morgan fingerprint density at radius 2 is 2.05 bits per heavy atom. The van der Waals surface area contributed by atoms with E-state index in [2.05, 4.69) is 5.32 Å². The van der Waals surface area contributed by atoms with Crippen LogP contribution in [0.15, 0.2) is 35.7 Å². The smallest absolute Gasteiger partial charge is 0.223 e. The molecule has 2 aromatic rings. The lowest BCUT2D eigenvalue weighted by Gasteiger charge is -2.11. The molecule has 0 radical (unpaired) electrons. The number of amides is 1. The fraction of sp³-hybridized carbons (Fsp3) is 0.267. The van der Waals surface area contributed by atoms with Crippen LogP contribution in [0.4, 0.5) is 0 Å². The molecule has 1 unspecified atom stereocenters. The number of nitrogens with one attached hydrogen (secondary N) is 1. The first-order valence-electron chi connectivity index (χ1n) is 6.29. The molecule has 1 aromatic carbocycles. The highest BCUT2D eigenvalue weighted by Gasteiger charge is 2.13. The first-order valence-corrected chi connectivity index (χ1v) is 7.55. The lowest BCUT2D eigenvalue weighted by molar-refractivity contribution is -0.123. The molecule has 0 aliphatic rings. The fourth-order valence-electron chi connectivity index (χ4n) is 1.81. The first-order chi connectivity index (χ1) is 9.56. The number of hydrogen-bond donors (Lipinski definition) is 2. The van der Waals surface area contributed by atoms with Crippen molar-refractivity contribution in [1.29, 1.82) is 0 Å². The maximum Gasteiger partial charge on any atom is 0.223 e. The fourth-order valence-corrected chi connectivity index (χ4v) is 2.79. The van der Waals surface area contributed by atoms with E-state index >= 15 is 0 Å². The Bertz CT molecular complexity index is 580. The zero-order valence-corrected chi connectivity index (χ0v) is 12.7. The van der Waals surface area contributed by atoms with Crippen LogP contribution in [0.3, 0.4) is 0 Å². The van der Waals surface area contributed by atoms with Crippen molar-refractivity contribution in [2.75, 3.05) is 0 Å². The number of aliphatic hydroxyl groups excluding tert-OH is 1. The van der Waals surface area contributed by atoms with Crippen molar-refractivity contribution < 1.29 is 9.90 Å². The lowest BCUT2D eigenvalue weighted by atomic mass is 10.1. The lowest BCUT2D eigenvalue weighted by Crippen LogP contribution is -2.24. The third kappa shape index (κ3) is 4.07. The minimum atomic E-state index is -0.809. The van der Waals surface area contributed by atoms with Gasteiger partial charge in [0.05, 0.1) is 19.1 Å². The van der Waals surface area contributed by atoms with E-state index in [1.54, 1.807) is 35.6 Å². The molecule has 2 N–H and O–H groups in total. The molecule has 1 amide bonds. The molecule has 5 heteroatoms. The predicted octanol–water partition coefficient (Wildman–Crippen LogP) is 3.45. The van der Waals surface area contributed by atoms with Crippen LogP contribution in [0, 0.1) is 6.92 Å². The summed E-state index contributed by atoms with van der Waals surface area (Å²) in [6.45, 7) is 2.52. The van der Waals surface area contributed by atoms with Crippen molar-refractivity contribution in [3.8, 4) is 0 Å². The molecule has 1 atom stereocenters. The van der Waals surface area contributed by atoms with Crippen LogP contribution in [-0.2, 0) is 11.3 Å². The average Bonchev–Trinajstić information content (AvgIpc) is 2.82. The second-order valence-electron chi connectivity index (χ2n) is 4.57. The van der Waals surface area contributed by atoms with E-state index in [1.807, 2.05) is 18.4 Å². The summed E-state index contributed by atoms with van der Waals surface area (Å²) in [5.74, 6) is -0.166. The third-order valence-electron chi connectivity index (χ3n) is 3.05. The Kier molecular flexibility index (Phi) is 5.17. The third-order valence-corrected chi connectivity index (χ3v) is 4.32. The Labute approximate surface area is 127 Å². The summed E-state index contributed by atoms with van der Waals surface area (Å²) in [5.41, 5.74) is 1.87. The monoisotopic (exact) mass is 309 g/mol. The Morgan fingerprint density at radius 3 is 2.65 bits per heavy atom. The van der Waals surface area contributed by atoms with Crippen LogP contribution in [-0.4, -0.2) is 11.0 Å². The van der Waals surface area contributed by atoms with Crippen molar-refractivity contribution in [3.05, 3.63) is 56.7 Å². The van der Waals surface area contributed by atoms with E-state index in [9.17, 15) is 9.90 Å². The minimum absolute atomic E-state index is 0.0477. The highest BCUT2D eigenvalue weighted by molar-refractivity contribution is 7.10. The number of carbonyl (C=O) groups is 1. The van der Waals surface area contributed by atoms with E-state index in [-0.39, 0.29) is 12.3 Å². The van der Waals surface area contributed by atoms with E-state index in [1.165, 1.54) is 5.56 Å². The van der Waals surface area contributed by atoms with Gasteiger partial charge in [-0.1, -0.05) is 23.7 Å². The standard InChI is InChI=1S/C15H16ClNO2S/c1-10-6-7-20-14(10)9-17-15(19)8-13(18)11-2-4-12(16)5-3-11/h2-7,13,18H,8-9H2,1H3,(H,17,19). The van der Waals surface area contributed by atoms with Crippen LogP contribution < -0.4 is 5.32 Å². The number of thiophene rings is 1. The molecule has 0 bridgehead atoms. The largest absolute Gasteiger partial charge is 0.388 e. The number of halogens is 1. The van der Waals surface area contributed by atoms with Crippen LogP contribution in [0.1, 0.15) is 28.5 Å². The summed E-state index contributed by atoms with van der Waals surface area (Å²) >= 11 is 7.40. The van der Waals surface area contributed by atoms with Crippen LogP contribution in [0.5, 0.6) is 0 Å². The molecule has 0 aliphatic carbocycles. The van der Waals surface area contributed by atoms with Crippen molar-refractivity contribution in [1.82, 2.24) is 5.32 Å². The Balaban J connectivity index is 1.85. The first kappa shape index (κ1) is 15.0. The van der Waals surface area contributed by atoms with Gasteiger partial charge in [0.15, 0.2) is 0 Å². The molecule has 1 heterocycles. The SMILES string of the molecule is Cc1ccsc1CNC(=O)CC(O)c1ccc(Cl)cc1. The Morgan fingerprint density at radius 1 is 1.35 bits per heavy atom. The summed E-state index contributed by atoms with van der Waals surface area (Å²) in [6, 6.07) is 8.88. The number of aryl methyl sites for hydroxylation is 1. The topological polar surface area (TPSA) is 49.3 Å². The van der Waals surface area contributed by atoms with Crippen molar-refractivity contribution in [2.24, 2.45) is 0 Å². The van der Waals surface area contributed by atoms with Gasteiger partial charge in [0, 0.05) is 9.90 Å². The van der Waals surface area contributed by atoms with Gasteiger partial charge in [-0.25, -0.2) is 0 Å². The maximum absolute atomic E-state index is 11.8. The highest BCUT2D eigenvalue weighted by atomic mass is 35.5. The molecule has 2 rings (SSSR count). The minimum Gasteiger partial charge on any atom is -0.388 e. The van der Waals surface area contributed by atoms with Gasteiger partial charge in [0.2, 0.25) is 5.91 Å². The number of rotatable bonds is 5. The summed E-state index contributed by atoms with van der Waals surface area (Å²) in [7, 11) is 0. The molecular formula is C15H16ClNO2S. The predicted molar refractivity (Wildman–Crippen MR) is 81.9 cm³/mol. The van der Waals surface area contributed by atoms with Crippen molar-refractivity contribution in [2.45, 2.75) is 26.0 Å². The van der Waals surface area contributed by atoms with Crippen LogP contribution >= 0.6 is 22.9 Å². The zero-order chi connectivity index (χ0) is 14.5. The van der Waals surface area contributed by atoms with Gasteiger partial charge in [0.1, 0.15) is 0 Å². The van der Waals surface area contributed by atoms with E-state index in [0.29, 0.717) is 17.1 Å². The molecule has 106 valence electrons. The normalized spacial score (nSPS) is 12.2. The highest BCUT2D eigenvalue weighted by Crippen LogP contribution is 2.19. The summed E-state index contributed by atoms with van der Waals surface area (Å²) < 4.78 is 0. The summed E-state index contributed by atoms with van der Waals surface area (Å²) in [6.07, 6.45) is -0.761. The average molecular weight is 310 g/mol. The van der Waals surface area contributed by atoms with Gasteiger partial charge in [-0.15, -0.1) is 11.3 Å². The molecule has 20 heavy (non-hydrogen) atoms. The second-order valence-corrected chi connectivity index (χ2v) is 6.01. The number of aliphatic hydroxyl groups is 1. The van der Waals surface area contributed by atoms with E-state index < -0.39 is 6.10 Å². The zero-order valence-electron chi connectivity index (χ0n) is 11.1. The van der Waals surface area contributed by atoms with Crippen LogP contribution in [0.25, 0.3) is 0 Å². The van der Waals surface area contributed by atoms with Gasteiger partial charge in [-0.2, -0.15) is 0 Å². The molecule has 3 nitrogen and oxygen atoms in total. The quantitative estimate of drug-likeness (QED) is 0.888. The van der Waals surface area contributed by atoms with Gasteiger partial charge >= 0.3 is 0 Å². The molecule has 0 aliphatic heterocycles. The van der Waals surface area contributed by atoms with Gasteiger partial charge in [-0.05, 0) is 41.6 Å². The second kappa shape index (κ2) is 6.88. The maximum atomic E-state index is 11.8. The van der Waals surface area contributed by atoms with E-state index in [0.717, 1.165) is 4.88 Å². The van der Waals surface area contributed by atoms with E-state index in [4.69, 9.17) is 11.6 Å². The summed E-state index contributed by atoms with van der Waals surface area (Å²) in [5, 5.41) is 15.4.